The van der Waals surface area contributed by atoms with E-state index in [9.17, 15) is 5.11 Å². The maximum Gasteiger partial charge on any atom is 0.161 e. The van der Waals surface area contributed by atoms with Crippen LogP contribution in [0.15, 0.2) is 60.7 Å². The van der Waals surface area contributed by atoms with Gasteiger partial charge in [0.2, 0.25) is 0 Å². The summed E-state index contributed by atoms with van der Waals surface area (Å²) in [5.41, 5.74) is 8.84. The second-order valence-electron chi connectivity index (χ2n) is 9.80. The molecule has 1 aliphatic carbocycles. The number of fused-ring (bicyclic) bond motifs is 3. The molecule has 0 bridgehead atoms. The smallest absolute Gasteiger partial charge is 0.161 e. The van der Waals surface area contributed by atoms with Gasteiger partial charge in [-0.1, -0.05) is 36.4 Å². The van der Waals surface area contributed by atoms with Crippen molar-refractivity contribution in [1.29, 1.82) is 0 Å². The van der Waals surface area contributed by atoms with Crippen LogP contribution in [0.3, 0.4) is 0 Å². The number of ether oxygens (including phenoxy) is 2. The molecule has 2 N–H and O–H groups in total. The van der Waals surface area contributed by atoms with Crippen LogP contribution in [0.1, 0.15) is 30.4 Å². The minimum absolute atomic E-state index is 0.272. The first-order valence-corrected chi connectivity index (χ1v) is 12.6. The quantitative estimate of drug-likeness (QED) is 0.303. The van der Waals surface area contributed by atoms with Crippen molar-refractivity contribution in [2.24, 2.45) is 0 Å². The summed E-state index contributed by atoms with van der Waals surface area (Å²) in [6.07, 6.45) is 4.37. The van der Waals surface area contributed by atoms with Crippen LogP contribution in [0.2, 0.25) is 0 Å². The van der Waals surface area contributed by atoms with E-state index >= 15 is 0 Å². The molecule has 0 spiro atoms. The van der Waals surface area contributed by atoms with E-state index in [1.165, 1.54) is 30.5 Å². The van der Waals surface area contributed by atoms with E-state index in [1.54, 1.807) is 19.2 Å². The van der Waals surface area contributed by atoms with Crippen molar-refractivity contribution in [2.45, 2.75) is 31.7 Å². The van der Waals surface area contributed by atoms with Gasteiger partial charge in [0.25, 0.3) is 0 Å². The third kappa shape index (κ3) is 4.11. The number of rotatable bonds is 7. The lowest BCUT2D eigenvalue weighted by Crippen LogP contribution is -2.26. The van der Waals surface area contributed by atoms with Gasteiger partial charge >= 0.3 is 0 Å². The van der Waals surface area contributed by atoms with Crippen molar-refractivity contribution in [3.63, 3.8) is 0 Å². The van der Waals surface area contributed by atoms with Gasteiger partial charge in [-0.3, -0.25) is 5.10 Å². The summed E-state index contributed by atoms with van der Waals surface area (Å²) < 4.78 is 11.9. The molecule has 184 valence electrons. The zero-order chi connectivity index (χ0) is 24.6. The second kappa shape index (κ2) is 9.36. The topological polar surface area (TPSA) is 70.6 Å². The highest BCUT2D eigenvalue weighted by Crippen LogP contribution is 2.45. The molecule has 0 saturated carbocycles. The fourth-order valence-electron chi connectivity index (χ4n) is 5.57. The average Bonchev–Trinajstić information content (AvgIpc) is 3.59. The van der Waals surface area contributed by atoms with Crippen LogP contribution in [0.25, 0.3) is 33.6 Å². The molecule has 6 nitrogen and oxygen atoms in total. The number of likely N-dealkylation sites (tertiary alicyclic amines) is 1. The van der Waals surface area contributed by atoms with E-state index in [-0.39, 0.29) is 5.75 Å². The van der Waals surface area contributed by atoms with Crippen LogP contribution in [0.4, 0.5) is 0 Å². The summed E-state index contributed by atoms with van der Waals surface area (Å²) in [7, 11) is 3.90. The Morgan fingerprint density at radius 1 is 1.00 bits per heavy atom. The van der Waals surface area contributed by atoms with Crippen molar-refractivity contribution in [3.05, 3.63) is 71.8 Å². The first-order chi connectivity index (χ1) is 17.6. The monoisotopic (exact) mass is 481 g/mol. The van der Waals surface area contributed by atoms with Crippen molar-refractivity contribution in [3.8, 4) is 50.9 Å². The van der Waals surface area contributed by atoms with E-state index in [2.05, 4.69) is 58.5 Å². The van der Waals surface area contributed by atoms with Crippen molar-refractivity contribution >= 4 is 0 Å². The number of hydrogen-bond donors (Lipinski definition) is 2. The number of nitrogens with one attached hydrogen (secondary N) is 1. The molecule has 6 rings (SSSR count). The predicted molar refractivity (Wildman–Crippen MR) is 142 cm³/mol. The van der Waals surface area contributed by atoms with Crippen LogP contribution in [-0.4, -0.2) is 53.6 Å². The normalized spacial score (nSPS) is 16.7. The van der Waals surface area contributed by atoms with Gasteiger partial charge < -0.3 is 19.5 Å². The summed E-state index contributed by atoms with van der Waals surface area (Å²) in [6.45, 7) is 1.87. The Hall–Kier alpha value is -3.77. The highest BCUT2D eigenvalue weighted by molar-refractivity contribution is 5.83. The molecule has 1 aliphatic heterocycles. The lowest BCUT2D eigenvalue weighted by molar-refractivity contribution is 0.227. The van der Waals surface area contributed by atoms with Crippen LogP contribution in [0.5, 0.6) is 17.2 Å². The Kier molecular flexibility index (Phi) is 5.89. The van der Waals surface area contributed by atoms with Gasteiger partial charge in [0.1, 0.15) is 5.75 Å². The Bertz CT molecular complexity index is 1380. The van der Waals surface area contributed by atoms with E-state index < -0.39 is 0 Å². The minimum Gasteiger partial charge on any atom is -0.508 e. The first kappa shape index (κ1) is 22.7. The molecule has 1 atom stereocenters. The number of hydrogen-bond acceptors (Lipinski definition) is 5. The Morgan fingerprint density at radius 3 is 2.42 bits per heavy atom. The number of aromatic nitrogens is 2. The lowest BCUT2D eigenvalue weighted by atomic mass is 10.0. The summed E-state index contributed by atoms with van der Waals surface area (Å²) in [5, 5.41) is 17.5. The standard InChI is InChI=1S/C30H31N3O3/c1-33-14-3-4-23(33)13-15-36-28-17-22-16-26-29(31-32-30(26)25(22)18-27(28)35-2)21-7-5-19(6-8-21)20-9-11-24(34)12-10-20/h5-12,17-18,23,34H,3-4,13-16H2,1-2H3,(H,31,32). The molecule has 4 aromatic rings. The van der Waals surface area contributed by atoms with Crippen molar-refractivity contribution < 1.29 is 14.6 Å². The van der Waals surface area contributed by atoms with E-state index in [0.29, 0.717) is 12.6 Å². The number of benzene rings is 3. The van der Waals surface area contributed by atoms with E-state index in [4.69, 9.17) is 9.47 Å². The molecule has 6 heteroatoms. The average molecular weight is 482 g/mol. The van der Waals surface area contributed by atoms with Crippen LogP contribution < -0.4 is 9.47 Å². The van der Waals surface area contributed by atoms with E-state index in [1.807, 2.05) is 12.1 Å². The van der Waals surface area contributed by atoms with Crippen LogP contribution in [-0.2, 0) is 6.42 Å². The number of methoxy groups -OCH3 is 1. The lowest BCUT2D eigenvalue weighted by Gasteiger charge is -2.20. The molecule has 0 radical (unpaired) electrons. The Balaban J connectivity index is 1.22. The molecule has 36 heavy (non-hydrogen) atoms. The van der Waals surface area contributed by atoms with Gasteiger partial charge in [-0.05, 0) is 73.8 Å². The molecule has 0 amide bonds. The maximum atomic E-state index is 9.55. The summed E-state index contributed by atoms with van der Waals surface area (Å²) >= 11 is 0. The largest absolute Gasteiger partial charge is 0.508 e. The molecule has 2 aliphatic rings. The highest BCUT2D eigenvalue weighted by atomic mass is 16.5. The summed E-state index contributed by atoms with van der Waals surface area (Å²) in [5.74, 6) is 1.85. The minimum atomic E-state index is 0.272. The number of aromatic amines is 1. The van der Waals surface area contributed by atoms with Crippen LogP contribution >= 0.6 is 0 Å². The molecule has 1 aromatic heterocycles. The summed E-state index contributed by atoms with van der Waals surface area (Å²) in [6, 6.07) is 20.5. The predicted octanol–water partition coefficient (Wildman–Crippen LogP) is 5.89. The van der Waals surface area contributed by atoms with Crippen molar-refractivity contribution in [2.75, 3.05) is 27.3 Å². The molecular formula is C30H31N3O3. The Labute approximate surface area is 211 Å². The van der Waals surface area contributed by atoms with Gasteiger partial charge in [0, 0.05) is 29.2 Å². The third-order valence-electron chi connectivity index (χ3n) is 7.63. The second-order valence-corrected chi connectivity index (χ2v) is 9.80. The third-order valence-corrected chi connectivity index (χ3v) is 7.63. The first-order valence-electron chi connectivity index (χ1n) is 12.6. The molecule has 1 fully saturated rings. The zero-order valence-corrected chi connectivity index (χ0v) is 20.8. The summed E-state index contributed by atoms with van der Waals surface area (Å²) in [4.78, 5) is 2.43. The number of phenolic OH excluding ortho intramolecular Hbond substituents is 1. The number of H-pyrrole nitrogens is 1. The van der Waals surface area contributed by atoms with Gasteiger partial charge in [0.15, 0.2) is 11.5 Å². The molecule has 2 heterocycles. The maximum absolute atomic E-state index is 9.55. The van der Waals surface area contributed by atoms with Gasteiger partial charge in [-0.2, -0.15) is 5.10 Å². The molecule has 1 saturated heterocycles. The SMILES string of the molecule is COc1cc2c(cc1OCCC1CCCN1C)Cc1c(-c3ccc(-c4ccc(O)cc4)cc3)n[nH]c1-2. The highest BCUT2D eigenvalue weighted by Gasteiger charge is 2.27. The number of aromatic hydroxyl groups is 1. The van der Waals surface area contributed by atoms with Gasteiger partial charge in [0.05, 0.1) is 25.1 Å². The number of nitrogens with zero attached hydrogens (tertiary/aromatic N) is 2. The molecule has 3 aromatic carbocycles. The Morgan fingerprint density at radius 2 is 1.72 bits per heavy atom. The van der Waals surface area contributed by atoms with Crippen molar-refractivity contribution in [1.82, 2.24) is 15.1 Å². The molecular weight excluding hydrogens is 450 g/mol. The fourth-order valence-corrected chi connectivity index (χ4v) is 5.57. The van der Waals surface area contributed by atoms with Gasteiger partial charge in [-0.15, -0.1) is 0 Å². The zero-order valence-electron chi connectivity index (χ0n) is 20.8. The van der Waals surface area contributed by atoms with Gasteiger partial charge in [-0.25, -0.2) is 0 Å². The number of phenols is 1. The fraction of sp³-hybridized carbons (Fsp3) is 0.300. The van der Waals surface area contributed by atoms with E-state index in [0.717, 1.165) is 58.0 Å². The molecule has 1 unspecified atom stereocenters. The van der Waals surface area contributed by atoms with Crippen LogP contribution in [0, 0.1) is 0 Å².